The highest BCUT2D eigenvalue weighted by atomic mass is 16.5. The van der Waals surface area contributed by atoms with Crippen molar-refractivity contribution in [3.05, 3.63) is 0 Å². The van der Waals surface area contributed by atoms with E-state index in [9.17, 15) is 0 Å². The third-order valence-corrected chi connectivity index (χ3v) is 3.23. The fourth-order valence-electron chi connectivity index (χ4n) is 1.08. The molecule has 0 saturated heterocycles. The highest BCUT2D eigenvalue weighted by Gasteiger charge is 2.22. The molecule has 0 aliphatic rings. The molecule has 2 nitrogen and oxygen atoms in total. The van der Waals surface area contributed by atoms with Gasteiger partial charge in [-0.1, -0.05) is 27.2 Å². The largest absolute Gasteiger partial charge is 0.396 e. The first kappa shape index (κ1) is 13.9. The van der Waals surface area contributed by atoms with Crippen molar-refractivity contribution in [3.63, 3.8) is 0 Å². The van der Waals surface area contributed by atoms with Crippen LogP contribution in [0.25, 0.3) is 0 Å². The minimum atomic E-state index is -0.0479. The van der Waals surface area contributed by atoms with Gasteiger partial charge in [-0.25, -0.2) is 0 Å². The number of hydrogen-bond donors (Lipinski definition) is 1. The molecule has 0 aromatic heterocycles. The number of aliphatic hydroxyl groups excluding tert-OH is 1. The van der Waals surface area contributed by atoms with Gasteiger partial charge in [0.15, 0.2) is 0 Å². The Morgan fingerprint density at radius 2 is 1.86 bits per heavy atom. The van der Waals surface area contributed by atoms with Crippen LogP contribution in [0.15, 0.2) is 0 Å². The van der Waals surface area contributed by atoms with Crippen molar-refractivity contribution in [3.8, 4) is 0 Å². The Morgan fingerprint density at radius 3 is 2.21 bits per heavy atom. The third-order valence-electron chi connectivity index (χ3n) is 3.23. The fourth-order valence-corrected chi connectivity index (χ4v) is 1.08. The minimum Gasteiger partial charge on any atom is -0.396 e. The maximum atomic E-state index is 9.01. The van der Waals surface area contributed by atoms with E-state index in [1.807, 2.05) is 0 Å². The van der Waals surface area contributed by atoms with Crippen LogP contribution in [0, 0.1) is 11.8 Å². The Hall–Kier alpha value is -0.0800. The van der Waals surface area contributed by atoms with E-state index in [2.05, 4.69) is 34.6 Å². The lowest BCUT2D eigenvalue weighted by molar-refractivity contribution is -0.0565. The molecule has 0 fully saturated rings. The molecule has 2 heteroatoms. The number of ether oxygens (including phenoxy) is 1. The molecule has 14 heavy (non-hydrogen) atoms. The Morgan fingerprint density at radius 1 is 1.29 bits per heavy atom. The van der Waals surface area contributed by atoms with Crippen molar-refractivity contribution in [1.82, 2.24) is 0 Å². The van der Waals surface area contributed by atoms with Crippen LogP contribution in [0.3, 0.4) is 0 Å². The summed E-state index contributed by atoms with van der Waals surface area (Å²) in [6, 6.07) is 0. The summed E-state index contributed by atoms with van der Waals surface area (Å²) in [5, 5.41) is 9.01. The molecule has 0 bridgehead atoms. The van der Waals surface area contributed by atoms with Crippen molar-refractivity contribution in [2.24, 2.45) is 11.8 Å². The summed E-state index contributed by atoms with van der Waals surface area (Å²) in [6.07, 6.45) is 1.99. The van der Waals surface area contributed by atoms with E-state index in [0.29, 0.717) is 11.8 Å². The van der Waals surface area contributed by atoms with E-state index < -0.39 is 0 Å². The van der Waals surface area contributed by atoms with Gasteiger partial charge in [0.2, 0.25) is 0 Å². The number of rotatable bonds is 7. The zero-order valence-electron chi connectivity index (χ0n) is 10.3. The highest BCUT2D eigenvalue weighted by molar-refractivity contribution is 4.72. The molecule has 0 aromatic carbocycles. The normalized spacial score (nSPS) is 14.8. The lowest BCUT2D eigenvalue weighted by Crippen LogP contribution is -2.31. The third kappa shape index (κ3) is 4.97. The molecule has 0 rings (SSSR count). The van der Waals surface area contributed by atoms with Crippen LogP contribution < -0.4 is 0 Å². The molecule has 1 atom stereocenters. The highest BCUT2D eigenvalue weighted by Crippen LogP contribution is 2.21. The summed E-state index contributed by atoms with van der Waals surface area (Å²) in [4.78, 5) is 0. The zero-order valence-corrected chi connectivity index (χ0v) is 10.3. The number of hydrogen-bond acceptors (Lipinski definition) is 2. The van der Waals surface area contributed by atoms with Crippen LogP contribution in [-0.2, 0) is 4.74 Å². The fraction of sp³-hybridized carbons (Fsp3) is 1.00. The average Bonchev–Trinajstić information content (AvgIpc) is 2.12. The van der Waals surface area contributed by atoms with Gasteiger partial charge in [-0.3, -0.25) is 0 Å². The van der Waals surface area contributed by atoms with E-state index in [1.165, 1.54) is 0 Å². The van der Waals surface area contributed by atoms with Crippen LogP contribution in [0.2, 0.25) is 0 Å². The van der Waals surface area contributed by atoms with Crippen molar-refractivity contribution in [1.29, 1.82) is 0 Å². The quantitative estimate of drug-likeness (QED) is 0.688. The monoisotopic (exact) mass is 202 g/mol. The van der Waals surface area contributed by atoms with E-state index >= 15 is 0 Å². The maximum absolute atomic E-state index is 9.01. The van der Waals surface area contributed by atoms with Crippen LogP contribution in [0.1, 0.15) is 47.5 Å². The topological polar surface area (TPSA) is 29.5 Å². The van der Waals surface area contributed by atoms with Gasteiger partial charge in [0.1, 0.15) is 0 Å². The van der Waals surface area contributed by atoms with Crippen LogP contribution in [-0.4, -0.2) is 23.9 Å². The minimum absolute atomic E-state index is 0.0479. The lowest BCUT2D eigenvalue weighted by Gasteiger charge is -2.30. The summed E-state index contributed by atoms with van der Waals surface area (Å²) in [5.41, 5.74) is -0.0479. The molecule has 0 aliphatic heterocycles. The second-order valence-electron chi connectivity index (χ2n) is 4.85. The van der Waals surface area contributed by atoms with Gasteiger partial charge in [-0.05, 0) is 32.1 Å². The molecule has 0 aliphatic carbocycles. The smallest absolute Gasteiger partial charge is 0.0649 e. The Balaban J connectivity index is 3.72. The number of aliphatic hydroxyl groups is 1. The molecule has 86 valence electrons. The first-order valence-electron chi connectivity index (χ1n) is 5.68. The Bertz CT molecular complexity index is 137. The molecule has 0 amide bonds. The summed E-state index contributed by atoms with van der Waals surface area (Å²) in [6.45, 7) is 11.7. The van der Waals surface area contributed by atoms with E-state index in [0.717, 1.165) is 19.4 Å². The predicted molar refractivity (Wildman–Crippen MR) is 60.4 cm³/mol. The van der Waals surface area contributed by atoms with Gasteiger partial charge in [-0.2, -0.15) is 0 Å². The molecule has 0 radical (unpaired) electrons. The molecule has 0 aromatic rings. The lowest BCUT2D eigenvalue weighted by atomic mass is 9.94. The Kier molecular flexibility index (Phi) is 6.38. The zero-order chi connectivity index (χ0) is 11.2. The summed E-state index contributed by atoms with van der Waals surface area (Å²) in [5.74, 6) is 0.926. The van der Waals surface area contributed by atoms with Gasteiger partial charge in [0, 0.05) is 13.2 Å². The summed E-state index contributed by atoms with van der Waals surface area (Å²) in [7, 11) is 0. The molecule has 0 saturated carbocycles. The van der Waals surface area contributed by atoms with Crippen molar-refractivity contribution in [2.75, 3.05) is 13.2 Å². The SMILES string of the molecule is CCC(CO)CCOC(C)(C)C(C)C. The van der Waals surface area contributed by atoms with Crippen LogP contribution in [0.5, 0.6) is 0 Å². The molecule has 1 unspecified atom stereocenters. The molecule has 1 N–H and O–H groups in total. The maximum Gasteiger partial charge on any atom is 0.0649 e. The molecule has 0 spiro atoms. The first-order valence-corrected chi connectivity index (χ1v) is 5.68. The van der Waals surface area contributed by atoms with Crippen molar-refractivity contribution < 1.29 is 9.84 Å². The van der Waals surface area contributed by atoms with E-state index in [4.69, 9.17) is 9.84 Å². The van der Waals surface area contributed by atoms with Crippen LogP contribution in [0.4, 0.5) is 0 Å². The van der Waals surface area contributed by atoms with Gasteiger partial charge >= 0.3 is 0 Å². The average molecular weight is 202 g/mol. The van der Waals surface area contributed by atoms with Crippen molar-refractivity contribution in [2.45, 2.75) is 53.1 Å². The summed E-state index contributed by atoms with van der Waals surface area (Å²) < 4.78 is 5.81. The molecule has 0 heterocycles. The molecular formula is C12H26O2. The van der Waals surface area contributed by atoms with Gasteiger partial charge in [-0.15, -0.1) is 0 Å². The first-order chi connectivity index (χ1) is 6.44. The van der Waals surface area contributed by atoms with E-state index in [1.54, 1.807) is 0 Å². The molecular weight excluding hydrogens is 176 g/mol. The Labute approximate surface area is 88.7 Å². The van der Waals surface area contributed by atoms with E-state index in [-0.39, 0.29) is 12.2 Å². The van der Waals surface area contributed by atoms with Crippen molar-refractivity contribution >= 4 is 0 Å². The summed E-state index contributed by atoms with van der Waals surface area (Å²) >= 11 is 0. The van der Waals surface area contributed by atoms with Gasteiger partial charge in [0.05, 0.1) is 5.60 Å². The van der Waals surface area contributed by atoms with Gasteiger partial charge in [0.25, 0.3) is 0 Å². The van der Waals surface area contributed by atoms with Crippen LogP contribution >= 0.6 is 0 Å². The standard InChI is InChI=1S/C12H26O2/c1-6-11(9-13)7-8-14-12(4,5)10(2)3/h10-11,13H,6-9H2,1-5H3. The predicted octanol–water partition coefficient (Wildman–Crippen LogP) is 2.85. The second kappa shape index (κ2) is 6.41. The second-order valence-corrected chi connectivity index (χ2v) is 4.85. The van der Waals surface area contributed by atoms with Gasteiger partial charge < -0.3 is 9.84 Å².